The Bertz CT molecular complexity index is 239. The Balaban J connectivity index is 2.63. The number of hydrogen-bond donors (Lipinski definition) is 2. The van der Waals surface area contributed by atoms with Crippen LogP contribution in [0.3, 0.4) is 0 Å². The highest BCUT2D eigenvalue weighted by Crippen LogP contribution is 2.11. The van der Waals surface area contributed by atoms with E-state index in [0.717, 1.165) is 6.42 Å². The highest BCUT2D eigenvalue weighted by Gasteiger charge is 2.26. The van der Waals surface area contributed by atoms with Gasteiger partial charge in [-0.25, -0.2) is 4.72 Å². The number of aliphatic hydroxyl groups is 1. The van der Waals surface area contributed by atoms with Gasteiger partial charge in [-0.15, -0.1) is 0 Å². The van der Waals surface area contributed by atoms with Crippen molar-refractivity contribution in [3.63, 3.8) is 0 Å². The maximum absolute atomic E-state index is 11.2. The molecule has 0 aromatic heterocycles. The minimum atomic E-state index is -3.33. The zero-order valence-electron chi connectivity index (χ0n) is 7.02. The molecule has 5 nitrogen and oxygen atoms in total. The minimum Gasteiger partial charge on any atom is -0.392 e. The van der Waals surface area contributed by atoms with Crippen molar-refractivity contribution in [3.05, 3.63) is 0 Å². The first-order valence-corrected chi connectivity index (χ1v) is 5.37. The molecule has 0 aromatic carbocycles. The monoisotopic (exact) mass is 194 g/mol. The fourth-order valence-corrected chi connectivity index (χ4v) is 2.26. The third kappa shape index (κ3) is 2.16. The minimum absolute atomic E-state index is 0.211. The van der Waals surface area contributed by atoms with Crippen LogP contribution in [-0.2, 0) is 10.2 Å². The van der Waals surface area contributed by atoms with Crippen molar-refractivity contribution in [2.24, 2.45) is 0 Å². The number of piperidine rings is 1. The lowest BCUT2D eigenvalue weighted by molar-refractivity contribution is 0.107. The van der Waals surface area contributed by atoms with E-state index < -0.39 is 16.3 Å². The summed E-state index contributed by atoms with van der Waals surface area (Å²) in [5.41, 5.74) is 0. The molecule has 6 heteroatoms. The summed E-state index contributed by atoms with van der Waals surface area (Å²) in [6, 6.07) is 0. The van der Waals surface area contributed by atoms with Crippen molar-refractivity contribution in [2.75, 3.05) is 20.1 Å². The molecule has 0 radical (unpaired) electrons. The Morgan fingerprint density at radius 3 is 2.75 bits per heavy atom. The van der Waals surface area contributed by atoms with E-state index in [0.29, 0.717) is 13.0 Å². The van der Waals surface area contributed by atoms with E-state index in [9.17, 15) is 13.5 Å². The summed E-state index contributed by atoms with van der Waals surface area (Å²) >= 11 is 0. The predicted molar refractivity (Wildman–Crippen MR) is 44.8 cm³/mol. The van der Waals surface area contributed by atoms with Gasteiger partial charge in [-0.05, 0) is 12.8 Å². The molecule has 1 aliphatic rings. The molecule has 1 fully saturated rings. The third-order valence-electron chi connectivity index (χ3n) is 1.96. The molecule has 0 unspecified atom stereocenters. The summed E-state index contributed by atoms with van der Waals surface area (Å²) in [5, 5.41) is 9.20. The normalized spacial score (nSPS) is 27.3. The second-order valence-corrected chi connectivity index (χ2v) is 4.74. The number of β-amino-alcohol motifs (C(OH)–C–C–N with tert-alkyl or cyclic N) is 1. The first-order chi connectivity index (χ1) is 5.56. The standard InChI is InChI=1S/C6H14N2O3S/c1-7-12(10,11)8-4-2-3-6(9)5-8/h6-7,9H,2-5H2,1H3/t6-/m0/s1. The van der Waals surface area contributed by atoms with Crippen LogP contribution in [0.1, 0.15) is 12.8 Å². The number of hydrogen-bond acceptors (Lipinski definition) is 3. The third-order valence-corrected chi connectivity index (χ3v) is 3.48. The molecule has 1 rings (SSSR count). The van der Waals surface area contributed by atoms with Crippen molar-refractivity contribution < 1.29 is 13.5 Å². The van der Waals surface area contributed by atoms with Crippen LogP contribution >= 0.6 is 0 Å². The van der Waals surface area contributed by atoms with Crippen LogP contribution in [0.25, 0.3) is 0 Å². The molecule has 0 spiro atoms. The van der Waals surface area contributed by atoms with Crippen molar-refractivity contribution in [2.45, 2.75) is 18.9 Å². The van der Waals surface area contributed by atoms with Gasteiger partial charge in [0.05, 0.1) is 6.10 Å². The number of nitrogens with zero attached hydrogens (tertiary/aromatic N) is 1. The van der Waals surface area contributed by atoms with E-state index in [4.69, 9.17) is 0 Å². The van der Waals surface area contributed by atoms with Crippen LogP contribution in [0.2, 0.25) is 0 Å². The highest BCUT2D eigenvalue weighted by atomic mass is 32.2. The predicted octanol–water partition coefficient (Wildman–Crippen LogP) is -1.09. The fraction of sp³-hybridized carbons (Fsp3) is 1.00. The Hall–Kier alpha value is -0.170. The zero-order chi connectivity index (χ0) is 9.19. The lowest BCUT2D eigenvalue weighted by atomic mass is 10.1. The Kier molecular flexibility index (Phi) is 3.05. The van der Waals surface area contributed by atoms with E-state index in [2.05, 4.69) is 4.72 Å². The van der Waals surface area contributed by atoms with Crippen LogP contribution in [0.15, 0.2) is 0 Å². The summed E-state index contributed by atoms with van der Waals surface area (Å²) in [4.78, 5) is 0. The van der Waals surface area contributed by atoms with Gasteiger partial charge in [0, 0.05) is 20.1 Å². The number of aliphatic hydroxyl groups excluding tert-OH is 1. The molecule has 0 aromatic rings. The maximum Gasteiger partial charge on any atom is 0.279 e. The van der Waals surface area contributed by atoms with Gasteiger partial charge >= 0.3 is 0 Å². The van der Waals surface area contributed by atoms with E-state index >= 15 is 0 Å². The molecule has 0 amide bonds. The molecular weight excluding hydrogens is 180 g/mol. The molecule has 0 bridgehead atoms. The maximum atomic E-state index is 11.2. The van der Waals surface area contributed by atoms with E-state index in [1.54, 1.807) is 0 Å². The fourth-order valence-electron chi connectivity index (χ4n) is 1.27. The Labute approximate surface area is 72.6 Å². The topological polar surface area (TPSA) is 69.6 Å². The number of nitrogens with one attached hydrogen (secondary N) is 1. The van der Waals surface area contributed by atoms with Crippen LogP contribution in [0.5, 0.6) is 0 Å². The van der Waals surface area contributed by atoms with E-state index in [1.807, 2.05) is 0 Å². The zero-order valence-corrected chi connectivity index (χ0v) is 7.84. The van der Waals surface area contributed by atoms with Gasteiger partial charge in [0.1, 0.15) is 0 Å². The lowest BCUT2D eigenvalue weighted by Gasteiger charge is -2.28. The Morgan fingerprint density at radius 1 is 1.58 bits per heavy atom. The average Bonchev–Trinajstić information content (AvgIpc) is 2.05. The first-order valence-electron chi connectivity index (χ1n) is 3.93. The molecule has 1 saturated heterocycles. The molecule has 1 aliphatic heterocycles. The molecular formula is C6H14N2O3S. The van der Waals surface area contributed by atoms with Crippen LogP contribution in [-0.4, -0.2) is 44.1 Å². The molecule has 0 saturated carbocycles. The van der Waals surface area contributed by atoms with Gasteiger partial charge in [-0.2, -0.15) is 12.7 Å². The summed E-state index contributed by atoms with van der Waals surface area (Å²) in [6.45, 7) is 0.712. The van der Waals surface area contributed by atoms with Gasteiger partial charge in [-0.1, -0.05) is 0 Å². The molecule has 0 aliphatic carbocycles. The van der Waals surface area contributed by atoms with E-state index in [-0.39, 0.29) is 6.54 Å². The second-order valence-electron chi connectivity index (χ2n) is 2.86. The number of rotatable bonds is 2. The van der Waals surface area contributed by atoms with E-state index in [1.165, 1.54) is 11.4 Å². The van der Waals surface area contributed by atoms with Gasteiger partial charge in [-0.3, -0.25) is 0 Å². The van der Waals surface area contributed by atoms with Crippen LogP contribution in [0.4, 0.5) is 0 Å². The van der Waals surface area contributed by atoms with Gasteiger partial charge in [0.15, 0.2) is 0 Å². The molecule has 1 heterocycles. The smallest absolute Gasteiger partial charge is 0.279 e. The van der Waals surface area contributed by atoms with Gasteiger partial charge in [0.2, 0.25) is 0 Å². The Morgan fingerprint density at radius 2 is 2.25 bits per heavy atom. The molecule has 72 valence electrons. The SMILES string of the molecule is CNS(=O)(=O)N1CCC[C@H](O)C1. The van der Waals surface area contributed by atoms with Crippen LogP contribution < -0.4 is 4.72 Å². The highest BCUT2D eigenvalue weighted by molar-refractivity contribution is 7.87. The van der Waals surface area contributed by atoms with Crippen molar-refractivity contribution in [3.8, 4) is 0 Å². The van der Waals surface area contributed by atoms with Gasteiger partial charge in [0.25, 0.3) is 10.2 Å². The molecule has 1 atom stereocenters. The summed E-state index contributed by atoms with van der Waals surface area (Å²) < 4.78 is 25.9. The summed E-state index contributed by atoms with van der Waals surface area (Å²) in [7, 11) is -1.96. The van der Waals surface area contributed by atoms with Crippen LogP contribution in [0, 0.1) is 0 Å². The van der Waals surface area contributed by atoms with Crippen molar-refractivity contribution in [1.82, 2.24) is 9.03 Å². The quantitative estimate of drug-likeness (QED) is 0.586. The molecule has 12 heavy (non-hydrogen) atoms. The largest absolute Gasteiger partial charge is 0.392 e. The van der Waals surface area contributed by atoms with Crippen molar-refractivity contribution in [1.29, 1.82) is 0 Å². The van der Waals surface area contributed by atoms with Gasteiger partial charge < -0.3 is 5.11 Å². The summed E-state index contributed by atoms with van der Waals surface area (Å²) in [6.07, 6.45) is 0.902. The second kappa shape index (κ2) is 3.69. The first kappa shape index (κ1) is 9.91. The molecule has 2 N–H and O–H groups in total. The lowest BCUT2D eigenvalue weighted by Crippen LogP contribution is -2.46. The van der Waals surface area contributed by atoms with Crippen molar-refractivity contribution >= 4 is 10.2 Å². The average molecular weight is 194 g/mol. The summed E-state index contributed by atoms with van der Waals surface area (Å²) in [5.74, 6) is 0.